The van der Waals surface area contributed by atoms with Crippen molar-refractivity contribution in [2.24, 2.45) is 0 Å². The second kappa shape index (κ2) is 5.62. The molecule has 0 saturated heterocycles. The molecule has 0 aromatic heterocycles. The molecule has 4 heteroatoms. The molecule has 76 valence electrons. The highest BCUT2D eigenvalue weighted by atomic mass is 35.5. The summed E-state index contributed by atoms with van der Waals surface area (Å²) in [4.78, 5) is 11.1. The first-order valence-electron chi connectivity index (χ1n) is 4.09. The first-order valence-corrected chi connectivity index (χ1v) is 4.62. The third-order valence-corrected chi connectivity index (χ3v) is 1.88. The molecule has 0 aliphatic carbocycles. The maximum atomic E-state index is 11.1. The third kappa shape index (κ3) is 3.01. The number of alkyl halides is 1. The molecule has 0 amide bonds. The van der Waals surface area contributed by atoms with Crippen LogP contribution in [0.1, 0.15) is 15.9 Å². The number of halogens is 1. The second-order valence-corrected chi connectivity index (χ2v) is 2.86. The van der Waals surface area contributed by atoms with E-state index in [1.807, 2.05) is 0 Å². The molecule has 0 bridgehead atoms. The van der Waals surface area contributed by atoms with E-state index in [2.05, 4.69) is 4.74 Å². The molecule has 0 heterocycles. The van der Waals surface area contributed by atoms with Gasteiger partial charge in [0.1, 0.15) is 6.07 Å². The summed E-state index contributed by atoms with van der Waals surface area (Å²) in [6.45, 7) is 0.449. The Morgan fingerprint density at radius 2 is 2.00 bits per heavy atom. The van der Waals surface area contributed by atoms with E-state index < -0.39 is 0 Å². The number of hydrogen-bond donors (Lipinski definition) is 0. The van der Waals surface area contributed by atoms with E-state index in [1.165, 1.54) is 7.11 Å². The van der Waals surface area contributed by atoms with Crippen molar-refractivity contribution in [1.82, 2.24) is 0 Å². The van der Waals surface area contributed by atoms with Crippen LogP contribution in [0.25, 0.3) is 0 Å². The van der Waals surface area contributed by atoms with E-state index in [-0.39, 0.29) is 12.0 Å². The minimum absolute atomic E-state index is 0.165. The maximum absolute atomic E-state index is 11.1. The van der Waals surface area contributed by atoms with Crippen molar-refractivity contribution in [2.45, 2.75) is 6.61 Å². The van der Waals surface area contributed by atoms with E-state index in [0.29, 0.717) is 12.2 Å². The molecule has 0 aliphatic heterocycles. The molecular weight excluding hydrogens is 204 g/mol. The molecule has 3 nitrogen and oxygen atoms in total. The molecule has 14 heavy (non-hydrogen) atoms. The van der Waals surface area contributed by atoms with Crippen LogP contribution >= 0.6 is 11.6 Å². The van der Waals surface area contributed by atoms with Gasteiger partial charge in [0, 0.05) is 0 Å². The van der Waals surface area contributed by atoms with Crippen molar-refractivity contribution in [3.05, 3.63) is 35.4 Å². The Morgan fingerprint density at radius 3 is 2.50 bits per heavy atom. The molecule has 0 fully saturated rings. The SMILES string of the molecule is COC(=O)c1ccc(COCCl)cc1. The molecule has 0 N–H and O–H groups in total. The van der Waals surface area contributed by atoms with Crippen LogP contribution in [0, 0.1) is 0 Å². The normalized spacial score (nSPS) is 9.86. The first-order chi connectivity index (χ1) is 6.77. The molecule has 0 atom stereocenters. The van der Waals surface area contributed by atoms with Crippen LogP contribution in [0.2, 0.25) is 0 Å². The zero-order valence-corrected chi connectivity index (χ0v) is 8.58. The topological polar surface area (TPSA) is 35.5 Å². The summed E-state index contributed by atoms with van der Waals surface area (Å²) in [6.07, 6.45) is 0. The molecule has 0 unspecified atom stereocenters. The quantitative estimate of drug-likeness (QED) is 0.569. The fourth-order valence-corrected chi connectivity index (χ4v) is 1.09. The molecule has 1 aromatic rings. The van der Waals surface area contributed by atoms with Crippen molar-refractivity contribution in [3.63, 3.8) is 0 Å². The molecule has 0 saturated carbocycles. The van der Waals surface area contributed by atoms with Gasteiger partial charge >= 0.3 is 5.97 Å². The third-order valence-electron chi connectivity index (χ3n) is 1.72. The Morgan fingerprint density at radius 1 is 1.36 bits per heavy atom. The fraction of sp³-hybridized carbons (Fsp3) is 0.300. The molecule has 0 spiro atoms. The molecule has 0 aliphatic rings. The van der Waals surface area contributed by atoms with Gasteiger partial charge in [0.25, 0.3) is 0 Å². The number of ether oxygens (including phenoxy) is 2. The Kier molecular flexibility index (Phi) is 4.43. The number of esters is 1. The molecule has 0 radical (unpaired) electrons. The van der Waals surface area contributed by atoms with Crippen molar-refractivity contribution in [3.8, 4) is 0 Å². The van der Waals surface area contributed by atoms with E-state index >= 15 is 0 Å². The summed E-state index contributed by atoms with van der Waals surface area (Å²) < 4.78 is 9.56. The lowest BCUT2D eigenvalue weighted by Gasteiger charge is -2.02. The lowest BCUT2D eigenvalue weighted by Crippen LogP contribution is -2.01. The number of carbonyl (C=O) groups is 1. The Labute approximate surface area is 87.6 Å². The maximum Gasteiger partial charge on any atom is 0.337 e. The van der Waals surface area contributed by atoms with Gasteiger partial charge in [-0.25, -0.2) is 4.79 Å². The van der Waals surface area contributed by atoms with Gasteiger partial charge in [-0.3, -0.25) is 0 Å². The van der Waals surface area contributed by atoms with Crippen molar-refractivity contribution in [2.75, 3.05) is 13.2 Å². The summed E-state index contributed by atoms with van der Waals surface area (Å²) in [5.41, 5.74) is 1.50. The van der Waals surface area contributed by atoms with Crippen LogP contribution in [0.4, 0.5) is 0 Å². The summed E-state index contributed by atoms with van der Waals surface area (Å²) in [5, 5.41) is 0. The van der Waals surface area contributed by atoms with Gasteiger partial charge in [-0.05, 0) is 17.7 Å². The smallest absolute Gasteiger partial charge is 0.337 e. The molecular formula is C10H11ClO3. The van der Waals surface area contributed by atoms with E-state index in [1.54, 1.807) is 24.3 Å². The second-order valence-electron chi connectivity index (χ2n) is 2.65. The minimum atomic E-state index is -0.338. The van der Waals surface area contributed by atoms with Gasteiger partial charge < -0.3 is 9.47 Å². The minimum Gasteiger partial charge on any atom is -0.465 e. The van der Waals surface area contributed by atoms with Gasteiger partial charge in [-0.15, -0.1) is 0 Å². The Hall–Kier alpha value is -1.06. The first kappa shape index (κ1) is 11.0. The van der Waals surface area contributed by atoms with Crippen LogP contribution in [0.3, 0.4) is 0 Å². The van der Waals surface area contributed by atoms with Crippen LogP contribution < -0.4 is 0 Å². The summed E-state index contributed by atoms with van der Waals surface area (Å²) >= 11 is 5.36. The van der Waals surface area contributed by atoms with Crippen molar-refractivity contribution < 1.29 is 14.3 Å². The number of hydrogen-bond acceptors (Lipinski definition) is 3. The van der Waals surface area contributed by atoms with Crippen LogP contribution in [0.5, 0.6) is 0 Å². The van der Waals surface area contributed by atoms with Crippen molar-refractivity contribution in [1.29, 1.82) is 0 Å². The lowest BCUT2D eigenvalue weighted by molar-refractivity contribution is 0.0600. The predicted octanol–water partition coefficient (Wildman–Crippen LogP) is 2.19. The van der Waals surface area contributed by atoms with E-state index in [0.717, 1.165) is 5.56 Å². The van der Waals surface area contributed by atoms with Gasteiger partial charge in [0.15, 0.2) is 0 Å². The van der Waals surface area contributed by atoms with Crippen LogP contribution in [0.15, 0.2) is 24.3 Å². The zero-order chi connectivity index (χ0) is 10.4. The van der Waals surface area contributed by atoms with E-state index in [9.17, 15) is 4.79 Å². The zero-order valence-electron chi connectivity index (χ0n) is 7.83. The largest absolute Gasteiger partial charge is 0.465 e. The monoisotopic (exact) mass is 214 g/mol. The summed E-state index contributed by atoms with van der Waals surface area (Å²) in [6, 6.07) is 7.16. The van der Waals surface area contributed by atoms with Gasteiger partial charge in [0.2, 0.25) is 0 Å². The number of benzene rings is 1. The summed E-state index contributed by atoms with van der Waals surface area (Å²) in [5.74, 6) is -0.338. The Balaban J connectivity index is 2.63. The molecule has 1 aromatic carbocycles. The molecule has 1 rings (SSSR count). The lowest BCUT2D eigenvalue weighted by atomic mass is 10.1. The fourth-order valence-electron chi connectivity index (χ4n) is 1.01. The van der Waals surface area contributed by atoms with Crippen molar-refractivity contribution >= 4 is 17.6 Å². The predicted molar refractivity (Wildman–Crippen MR) is 53.3 cm³/mol. The average molecular weight is 215 g/mol. The highest BCUT2D eigenvalue weighted by Crippen LogP contribution is 2.06. The standard InChI is InChI=1S/C10H11ClO3/c1-13-10(12)9-4-2-8(3-5-9)6-14-7-11/h2-5H,6-7H2,1H3. The van der Waals surface area contributed by atoms with E-state index in [4.69, 9.17) is 16.3 Å². The highest BCUT2D eigenvalue weighted by Gasteiger charge is 2.03. The van der Waals surface area contributed by atoms with Gasteiger partial charge in [-0.1, -0.05) is 23.7 Å². The Bertz CT molecular complexity index is 295. The number of carbonyl (C=O) groups excluding carboxylic acids is 1. The number of rotatable bonds is 4. The van der Waals surface area contributed by atoms with Gasteiger partial charge in [-0.2, -0.15) is 0 Å². The number of methoxy groups -OCH3 is 1. The summed E-state index contributed by atoms with van der Waals surface area (Å²) in [7, 11) is 1.35. The highest BCUT2D eigenvalue weighted by molar-refractivity contribution is 6.17. The van der Waals surface area contributed by atoms with Crippen LogP contribution in [-0.4, -0.2) is 19.1 Å². The average Bonchev–Trinajstić information content (AvgIpc) is 2.26. The van der Waals surface area contributed by atoms with Gasteiger partial charge in [0.05, 0.1) is 19.3 Å². The van der Waals surface area contributed by atoms with Crippen LogP contribution in [-0.2, 0) is 16.1 Å².